The Morgan fingerprint density at radius 3 is 2.73 bits per heavy atom. The minimum Gasteiger partial charge on any atom is -0.271 e. The molecule has 3 nitrogen and oxygen atoms in total. The summed E-state index contributed by atoms with van der Waals surface area (Å²) >= 11 is 8.15. The van der Waals surface area contributed by atoms with Gasteiger partial charge in [0.1, 0.15) is 0 Å². The number of nitriles is 1. The van der Waals surface area contributed by atoms with Crippen LogP contribution in [0.15, 0.2) is 32.1 Å². The van der Waals surface area contributed by atoms with Gasteiger partial charge in [0.05, 0.1) is 5.69 Å². The van der Waals surface area contributed by atoms with Gasteiger partial charge in [0, 0.05) is 8.95 Å². The van der Waals surface area contributed by atoms with Gasteiger partial charge in [0.2, 0.25) is 0 Å². The van der Waals surface area contributed by atoms with Crippen LogP contribution in [0.4, 0.5) is 5.69 Å². The van der Waals surface area contributed by atoms with Crippen molar-refractivity contribution in [2.45, 2.75) is 0 Å². The standard InChI is InChI=1S/C9H7Br2N3S/c1-15-9(13-5-12)14-6-2-3-7(10)8(11)4-6/h2-4H,1H3,(H,13,14). The molecule has 0 saturated carbocycles. The van der Waals surface area contributed by atoms with Crippen molar-refractivity contribution in [2.75, 3.05) is 6.26 Å². The van der Waals surface area contributed by atoms with Gasteiger partial charge in [-0.2, -0.15) is 5.26 Å². The van der Waals surface area contributed by atoms with Gasteiger partial charge in [-0.3, -0.25) is 5.32 Å². The van der Waals surface area contributed by atoms with Gasteiger partial charge in [-0.25, -0.2) is 4.99 Å². The van der Waals surface area contributed by atoms with Crippen LogP contribution in [0, 0.1) is 11.5 Å². The highest BCUT2D eigenvalue weighted by molar-refractivity contribution is 9.13. The maximum absolute atomic E-state index is 8.47. The van der Waals surface area contributed by atoms with Crippen molar-refractivity contribution < 1.29 is 0 Å². The highest BCUT2D eigenvalue weighted by atomic mass is 79.9. The zero-order valence-electron chi connectivity index (χ0n) is 7.79. The van der Waals surface area contributed by atoms with Crippen molar-refractivity contribution >= 4 is 54.5 Å². The van der Waals surface area contributed by atoms with Gasteiger partial charge in [0.25, 0.3) is 0 Å². The van der Waals surface area contributed by atoms with Crippen LogP contribution in [0.1, 0.15) is 0 Å². The summed E-state index contributed by atoms with van der Waals surface area (Å²) in [5, 5.41) is 11.6. The molecule has 0 amide bonds. The monoisotopic (exact) mass is 347 g/mol. The summed E-state index contributed by atoms with van der Waals surface area (Å²) < 4.78 is 1.90. The number of rotatable bonds is 1. The van der Waals surface area contributed by atoms with Crippen LogP contribution in [-0.2, 0) is 0 Å². The number of halogens is 2. The predicted octanol–water partition coefficient (Wildman–Crippen LogP) is 3.63. The molecule has 0 saturated heterocycles. The largest absolute Gasteiger partial charge is 0.271 e. The van der Waals surface area contributed by atoms with Crippen LogP contribution in [-0.4, -0.2) is 11.4 Å². The lowest BCUT2D eigenvalue weighted by atomic mass is 10.3. The van der Waals surface area contributed by atoms with Gasteiger partial charge in [0.15, 0.2) is 11.4 Å². The van der Waals surface area contributed by atoms with E-state index >= 15 is 0 Å². The second kappa shape index (κ2) is 6.16. The number of nitrogens with one attached hydrogen (secondary N) is 1. The van der Waals surface area contributed by atoms with Gasteiger partial charge in [-0.1, -0.05) is 11.8 Å². The predicted molar refractivity (Wildman–Crippen MR) is 71.2 cm³/mol. The molecular formula is C9H7Br2N3S. The van der Waals surface area contributed by atoms with Crippen LogP contribution in [0.3, 0.4) is 0 Å². The summed E-state index contributed by atoms with van der Waals surface area (Å²) in [7, 11) is 0. The van der Waals surface area contributed by atoms with Gasteiger partial charge in [-0.05, 0) is 56.3 Å². The van der Waals surface area contributed by atoms with Crippen LogP contribution in [0.2, 0.25) is 0 Å². The molecule has 0 heterocycles. The molecular weight excluding hydrogens is 342 g/mol. The molecule has 0 bridgehead atoms. The van der Waals surface area contributed by atoms with Crippen molar-refractivity contribution in [1.29, 1.82) is 5.26 Å². The number of nitrogens with zero attached hydrogens (tertiary/aromatic N) is 2. The molecule has 78 valence electrons. The lowest BCUT2D eigenvalue weighted by Gasteiger charge is -2.01. The molecule has 15 heavy (non-hydrogen) atoms. The third-order valence-electron chi connectivity index (χ3n) is 1.49. The van der Waals surface area contributed by atoms with Crippen molar-refractivity contribution in [3.05, 3.63) is 27.1 Å². The first-order chi connectivity index (χ1) is 7.17. The first kappa shape index (κ1) is 12.6. The fraction of sp³-hybridized carbons (Fsp3) is 0.111. The molecule has 6 heteroatoms. The van der Waals surface area contributed by atoms with Gasteiger partial charge >= 0.3 is 0 Å². The number of aliphatic imine (C=N–C) groups is 1. The molecule has 0 fully saturated rings. The molecule has 1 aromatic carbocycles. The van der Waals surface area contributed by atoms with Gasteiger partial charge in [-0.15, -0.1) is 0 Å². The van der Waals surface area contributed by atoms with E-state index in [4.69, 9.17) is 5.26 Å². The van der Waals surface area contributed by atoms with Crippen LogP contribution in [0.5, 0.6) is 0 Å². The zero-order valence-corrected chi connectivity index (χ0v) is 11.8. The summed E-state index contributed by atoms with van der Waals surface area (Å²) in [6.45, 7) is 0. The van der Waals surface area contributed by atoms with E-state index in [0.717, 1.165) is 14.6 Å². The molecule has 0 aliphatic heterocycles. The fourth-order valence-electron chi connectivity index (χ4n) is 0.844. The molecule has 0 unspecified atom stereocenters. The molecule has 1 N–H and O–H groups in total. The molecule has 1 aromatic rings. The Bertz CT molecular complexity index is 426. The van der Waals surface area contributed by atoms with Crippen LogP contribution >= 0.6 is 43.6 Å². The fourth-order valence-corrected chi connectivity index (χ4v) is 1.80. The Balaban J connectivity index is 2.97. The molecule has 0 aliphatic carbocycles. The van der Waals surface area contributed by atoms with E-state index in [9.17, 15) is 0 Å². The molecule has 0 radical (unpaired) electrons. The number of benzene rings is 1. The lowest BCUT2D eigenvalue weighted by Crippen LogP contribution is -2.12. The van der Waals surface area contributed by atoms with E-state index in [0.29, 0.717) is 5.17 Å². The van der Waals surface area contributed by atoms with Crippen LogP contribution in [0.25, 0.3) is 0 Å². The van der Waals surface area contributed by atoms with Crippen molar-refractivity contribution in [2.24, 2.45) is 4.99 Å². The maximum Gasteiger partial charge on any atom is 0.183 e. The molecule has 0 aliphatic rings. The number of amidine groups is 1. The Morgan fingerprint density at radius 2 is 2.20 bits per heavy atom. The summed E-state index contributed by atoms with van der Waals surface area (Å²) in [5.74, 6) is 0. The van der Waals surface area contributed by atoms with E-state index in [1.165, 1.54) is 11.8 Å². The lowest BCUT2D eigenvalue weighted by molar-refractivity contribution is 1.28. The van der Waals surface area contributed by atoms with Crippen LogP contribution < -0.4 is 5.32 Å². The van der Waals surface area contributed by atoms with E-state index < -0.39 is 0 Å². The van der Waals surface area contributed by atoms with E-state index in [1.807, 2.05) is 30.6 Å². The molecule has 1 rings (SSSR count). The summed E-state index contributed by atoms with van der Waals surface area (Å²) in [4.78, 5) is 4.26. The summed E-state index contributed by atoms with van der Waals surface area (Å²) in [5.41, 5.74) is 0.789. The highest BCUT2D eigenvalue weighted by Gasteiger charge is 1.99. The number of hydrogen-bond donors (Lipinski definition) is 1. The second-order valence-electron chi connectivity index (χ2n) is 2.46. The minimum atomic E-state index is 0.576. The number of thioether (sulfide) groups is 1. The quantitative estimate of drug-likeness (QED) is 0.365. The Morgan fingerprint density at radius 1 is 1.47 bits per heavy atom. The average molecular weight is 349 g/mol. The molecule has 0 spiro atoms. The third kappa shape index (κ3) is 3.86. The Kier molecular flexibility index (Phi) is 5.15. The molecule has 0 aromatic heterocycles. The first-order valence-electron chi connectivity index (χ1n) is 3.90. The first-order valence-corrected chi connectivity index (χ1v) is 6.71. The topological polar surface area (TPSA) is 48.2 Å². The Labute approximate surface area is 109 Å². The SMILES string of the molecule is CSC(=Nc1ccc(Br)c(Br)c1)NC#N. The Hall–Kier alpha value is -0.510. The van der Waals surface area contributed by atoms with E-state index in [1.54, 1.807) is 0 Å². The zero-order chi connectivity index (χ0) is 11.3. The average Bonchev–Trinajstić information content (AvgIpc) is 2.23. The number of hydrogen-bond acceptors (Lipinski definition) is 3. The summed E-state index contributed by atoms with van der Waals surface area (Å²) in [6.07, 6.45) is 3.70. The molecule has 0 atom stereocenters. The van der Waals surface area contributed by atoms with Crippen molar-refractivity contribution in [1.82, 2.24) is 5.32 Å². The maximum atomic E-state index is 8.47. The summed E-state index contributed by atoms with van der Waals surface area (Å²) in [6, 6.07) is 5.64. The van der Waals surface area contributed by atoms with Crippen molar-refractivity contribution in [3.8, 4) is 6.19 Å². The minimum absolute atomic E-state index is 0.576. The smallest absolute Gasteiger partial charge is 0.183 e. The second-order valence-corrected chi connectivity index (χ2v) is 4.96. The van der Waals surface area contributed by atoms with E-state index in [2.05, 4.69) is 42.2 Å². The normalized spacial score (nSPS) is 10.9. The highest BCUT2D eigenvalue weighted by Crippen LogP contribution is 2.27. The van der Waals surface area contributed by atoms with E-state index in [-0.39, 0.29) is 0 Å². The third-order valence-corrected chi connectivity index (χ3v) is 3.95. The van der Waals surface area contributed by atoms with Crippen molar-refractivity contribution in [3.63, 3.8) is 0 Å². The van der Waals surface area contributed by atoms with Gasteiger partial charge < -0.3 is 0 Å².